The third kappa shape index (κ3) is 2.94. The van der Waals surface area contributed by atoms with Crippen molar-refractivity contribution in [2.75, 3.05) is 0 Å². The topological polar surface area (TPSA) is 26.0 Å². The molecule has 21 heavy (non-hydrogen) atoms. The Labute approximate surface area is 123 Å². The third-order valence-corrected chi connectivity index (χ3v) is 4.54. The van der Waals surface area contributed by atoms with Crippen molar-refractivity contribution >= 4 is 21.4 Å². The van der Waals surface area contributed by atoms with E-state index in [0.29, 0.717) is 12.0 Å². The predicted molar refractivity (Wildman–Crippen MR) is 78.8 cm³/mol. The van der Waals surface area contributed by atoms with Gasteiger partial charge in [0, 0.05) is 15.6 Å². The highest BCUT2D eigenvalue weighted by atomic mass is 32.1. The summed E-state index contributed by atoms with van der Waals surface area (Å²) >= 11 is 1.41. The van der Waals surface area contributed by atoms with Crippen LogP contribution in [0.2, 0.25) is 0 Å². The summed E-state index contributed by atoms with van der Waals surface area (Å²) in [6, 6.07) is 9.91. The predicted octanol–water partition coefficient (Wildman–Crippen LogP) is 4.56. The molecule has 0 radical (unpaired) electrons. The van der Waals surface area contributed by atoms with Crippen LogP contribution in [0.3, 0.4) is 0 Å². The van der Waals surface area contributed by atoms with Crippen molar-refractivity contribution in [1.29, 1.82) is 0 Å². The number of nitrogens with two attached hydrogens (primary N) is 1. The van der Waals surface area contributed by atoms with E-state index < -0.39 is 11.6 Å². The van der Waals surface area contributed by atoms with E-state index >= 15 is 0 Å². The second kappa shape index (κ2) is 5.50. The molecule has 1 unspecified atom stereocenters. The summed E-state index contributed by atoms with van der Waals surface area (Å²) in [4.78, 5) is 0.889. The highest BCUT2D eigenvalue weighted by Gasteiger charge is 2.13. The Morgan fingerprint density at radius 1 is 0.952 bits per heavy atom. The molecular weight excluding hydrogens is 295 g/mol. The molecule has 0 aliphatic heterocycles. The van der Waals surface area contributed by atoms with E-state index in [0.717, 1.165) is 27.1 Å². The largest absolute Gasteiger partial charge is 0.323 e. The Hall–Kier alpha value is -1.85. The van der Waals surface area contributed by atoms with Gasteiger partial charge in [0.05, 0.1) is 0 Å². The van der Waals surface area contributed by atoms with Crippen molar-refractivity contribution in [3.63, 3.8) is 0 Å². The Bertz CT molecular complexity index is 797. The van der Waals surface area contributed by atoms with Crippen LogP contribution in [0.15, 0.2) is 42.5 Å². The number of hydrogen-bond acceptors (Lipinski definition) is 2. The molecule has 2 N–H and O–H groups in total. The van der Waals surface area contributed by atoms with Crippen molar-refractivity contribution in [2.45, 2.75) is 12.5 Å². The fraction of sp³-hybridized carbons (Fsp3) is 0.125. The Morgan fingerprint density at radius 2 is 1.76 bits per heavy atom. The molecule has 0 aliphatic rings. The first-order valence-corrected chi connectivity index (χ1v) is 7.23. The maximum atomic E-state index is 13.2. The normalized spacial score (nSPS) is 12.8. The summed E-state index contributed by atoms with van der Waals surface area (Å²) in [5.74, 6) is -2.03. The summed E-state index contributed by atoms with van der Waals surface area (Å²) < 4.78 is 40.1. The van der Waals surface area contributed by atoms with Gasteiger partial charge in [-0.25, -0.2) is 13.2 Å². The second-order valence-electron chi connectivity index (χ2n) is 4.89. The van der Waals surface area contributed by atoms with Crippen LogP contribution < -0.4 is 5.73 Å². The molecule has 0 spiro atoms. The lowest BCUT2D eigenvalue weighted by Gasteiger charge is -2.09. The minimum absolute atomic E-state index is 0.287. The number of hydrogen-bond donors (Lipinski definition) is 1. The monoisotopic (exact) mass is 307 g/mol. The molecule has 0 saturated heterocycles. The van der Waals surface area contributed by atoms with E-state index in [1.807, 2.05) is 6.07 Å². The van der Waals surface area contributed by atoms with Gasteiger partial charge in [-0.05, 0) is 47.7 Å². The molecule has 5 heteroatoms. The van der Waals surface area contributed by atoms with Crippen molar-refractivity contribution in [3.8, 4) is 0 Å². The lowest BCUT2D eigenvalue weighted by atomic mass is 10.0. The third-order valence-electron chi connectivity index (χ3n) is 3.31. The van der Waals surface area contributed by atoms with Gasteiger partial charge in [0.15, 0.2) is 11.6 Å². The molecule has 2 aromatic carbocycles. The Morgan fingerprint density at radius 3 is 2.52 bits per heavy atom. The molecule has 1 aromatic heterocycles. The summed E-state index contributed by atoms with van der Waals surface area (Å²) in [5.41, 5.74) is 6.75. The van der Waals surface area contributed by atoms with Crippen molar-refractivity contribution < 1.29 is 13.2 Å². The van der Waals surface area contributed by atoms with Gasteiger partial charge in [-0.3, -0.25) is 0 Å². The average Bonchev–Trinajstić information content (AvgIpc) is 2.86. The van der Waals surface area contributed by atoms with E-state index in [2.05, 4.69) is 0 Å². The summed E-state index contributed by atoms with van der Waals surface area (Å²) in [5, 5.41) is 0.928. The lowest BCUT2D eigenvalue weighted by Crippen LogP contribution is -2.12. The first kappa shape index (κ1) is 14.1. The second-order valence-corrected chi connectivity index (χ2v) is 6.01. The van der Waals surface area contributed by atoms with Crippen LogP contribution in [0.25, 0.3) is 10.1 Å². The highest BCUT2D eigenvalue weighted by molar-refractivity contribution is 7.19. The summed E-state index contributed by atoms with van der Waals surface area (Å²) in [6.07, 6.45) is 0.395. The Kier molecular flexibility index (Phi) is 3.69. The van der Waals surface area contributed by atoms with Gasteiger partial charge < -0.3 is 5.73 Å². The summed E-state index contributed by atoms with van der Waals surface area (Å²) in [7, 11) is 0. The molecule has 0 aliphatic carbocycles. The lowest BCUT2D eigenvalue weighted by molar-refractivity contribution is 0.506. The summed E-state index contributed by atoms with van der Waals surface area (Å²) in [6.45, 7) is 0. The minimum Gasteiger partial charge on any atom is -0.323 e. The van der Waals surface area contributed by atoms with Crippen molar-refractivity contribution in [2.24, 2.45) is 5.73 Å². The molecule has 0 amide bonds. The fourth-order valence-electron chi connectivity index (χ4n) is 2.23. The molecule has 1 nitrogen and oxygen atoms in total. The van der Waals surface area contributed by atoms with E-state index in [9.17, 15) is 13.2 Å². The molecule has 0 fully saturated rings. The number of thiophene rings is 1. The van der Waals surface area contributed by atoms with Crippen molar-refractivity contribution in [3.05, 3.63) is 70.4 Å². The van der Waals surface area contributed by atoms with E-state index in [-0.39, 0.29) is 11.9 Å². The van der Waals surface area contributed by atoms with Crippen LogP contribution >= 0.6 is 11.3 Å². The zero-order valence-corrected chi connectivity index (χ0v) is 11.8. The molecule has 0 bridgehead atoms. The number of benzene rings is 2. The Balaban J connectivity index is 1.85. The van der Waals surface area contributed by atoms with E-state index in [1.54, 1.807) is 6.07 Å². The molecule has 0 saturated carbocycles. The molecule has 3 aromatic rings. The maximum absolute atomic E-state index is 13.2. The number of halogens is 3. The highest BCUT2D eigenvalue weighted by Crippen LogP contribution is 2.31. The van der Waals surface area contributed by atoms with Crippen molar-refractivity contribution in [1.82, 2.24) is 0 Å². The first-order valence-electron chi connectivity index (χ1n) is 6.41. The molecular formula is C16H12F3NS. The van der Waals surface area contributed by atoms with Crippen LogP contribution in [0, 0.1) is 17.5 Å². The van der Waals surface area contributed by atoms with E-state index in [4.69, 9.17) is 5.73 Å². The first-order chi connectivity index (χ1) is 10.0. The van der Waals surface area contributed by atoms with Crippen LogP contribution in [-0.2, 0) is 6.42 Å². The van der Waals surface area contributed by atoms with Crippen LogP contribution in [-0.4, -0.2) is 0 Å². The zero-order valence-electron chi connectivity index (χ0n) is 10.9. The standard InChI is InChI=1S/C16H12F3NS/c17-11-3-2-10-7-16(21-15(10)8-11)14(20)6-9-1-4-12(18)13(19)5-9/h1-5,7-8,14H,6,20H2. The van der Waals surface area contributed by atoms with Gasteiger partial charge in [-0.2, -0.15) is 0 Å². The molecule has 1 atom stereocenters. The SMILES string of the molecule is NC(Cc1ccc(F)c(F)c1)c1cc2ccc(F)cc2s1. The van der Waals surface area contributed by atoms with Gasteiger partial charge in [0.25, 0.3) is 0 Å². The quantitative estimate of drug-likeness (QED) is 0.754. The van der Waals surface area contributed by atoms with Gasteiger partial charge in [0.1, 0.15) is 5.82 Å². The van der Waals surface area contributed by atoms with E-state index in [1.165, 1.54) is 29.5 Å². The van der Waals surface area contributed by atoms with Gasteiger partial charge in [-0.1, -0.05) is 12.1 Å². The zero-order chi connectivity index (χ0) is 15.0. The fourth-order valence-corrected chi connectivity index (χ4v) is 3.32. The van der Waals surface area contributed by atoms with Crippen LogP contribution in [0.1, 0.15) is 16.5 Å². The van der Waals surface area contributed by atoms with Gasteiger partial charge in [-0.15, -0.1) is 11.3 Å². The van der Waals surface area contributed by atoms with Gasteiger partial charge >= 0.3 is 0 Å². The number of rotatable bonds is 3. The van der Waals surface area contributed by atoms with Gasteiger partial charge in [0.2, 0.25) is 0 Å². The smallest absolute Gasteiger partial charge is 0.159 e. The average molecular weight is 307 g/mol. The maximum Gasteiger partial charge on any atom is 0.159 e. The molecule has 108 valence electrons. The van der Waals surface area contributed by atoms with Crippen LogP contribution in [0.5, 0.6) is 0 Å². The molecule has 1 heterocycles. The number of fused-ring (bicyclic) bond motifs is 1. The minimum atomic E-state index is -0.877. The molecule has 3 rings (SSSR count). The van der Waals surface area contributed by atoms with Crippen LogP contribution in [0.4, 0.5) is 13.2 Å².